The van der Waals surface area contributed by atoms with Crippen LogP contribution in [0, 0.1) is 0 Å². The summed E-state index contributed by atoms with van der Waals surface area (Å²) in [6, 6.07) is 15.1. The van der Waals surface area contributed by atoms with E-state index in [-0.39, 0.29) is 22.9 Å². The highest BCUT2D eigenvalue weighted by molar-refractivity contribution is 7.90. The first kappa shape index (κ1) is 22.2. The topological polar surface area (TPSA) is 91.0 Å². The van der Waals surface area contributed by atoms with E-state index in [0.717, 1.165) is 6.26 Å². The number of Topliss-reactive ketones (excluding diaryl/α,β-unsaturated/α-hetero) is 1. The van der Waals surface area contributed by atoms with Gasteiger partial charge in [-0.2, -0.15) is 0 Å². The number of pyridine rings is 1. The monoisotopic (exact) mass is 487 g/mol. The van der Waals surface area contributed by atoms with Crippen LogP contribution in [0.4, 0.5) is 0 Å². The van der Waals surface area contributed by atoms with Gasteiger partial charge in [-0.25, -0.2) is 13.4 Å². The molecule has 0 atom stereocenters. The largest absolute Gasteiger partial charge is 0.293 e. The summed E-state index contributed by atoms with van der Waals surface area (Å²) in [5.74, 6) is -0.0741. The first-order valence-corrected chi connectivity index (χ1v) is 12.7. The molecule has 0 unspecified atom stereocenters. The molecule has 0 bridgehead atoms. The number of halogens is 1. The Labute approximate surface area is 193 Å². The van der Waals surface area contributed by atoms with Crippen molar-refractivity contribution in [3.05, 3.63) is 92.3 Å². The smallest absolute Gasteiger partial charge is 0.255 e. The summed E-state index contributed by atoms with van der Waals surface area (Å²) in [7, 11) is -3.62. The molecule has 0 aliphatic rings. The standard InChI is InChI=1S/C22H18ClN3O4S2/c1-32(29,30)22-24-15(5-10-18(27)19-11-12-20(23)31-19)14-26(22)17-8-6-16(7-9-17)25-13-3-2-4-21(25)28/h2-4,6-9,11-14H,5,10H2,1H3. The Kier molecular flexibility index (Phi) is 6.14. The van der Waals surface area contributed by atoms with Gasteiger partial charge in [-0.3, -0.25) is 18.7 Å². The van der Waals surface area contributed by atoms with Crippen LogP contribution in [0.3, 0.4) is 0 Å². The molecule has 0 aliphatic carbocycles. The minimum absolute atomic E-state index is 0.0741. The van der Waals surface area contributed by atoms with Gasteiger partial charge in [-0.15, -0.1) is 11.3 Å². The number of hydrogen-bond acceptors (Lipinski definition) is 6. The number of rotatable bonds is 7. The maximum Gasteiger partial charge on any atom is 0.255 e. The molecule has 0 radical (unpaired) electrons. The van der Waals surface area contributed by atoms with Crippen LogP contribution in [0.25, 0.3) is 11.4 Å². The number of thiophene rings is 1. The first-order valence-electron chi connectivity index (χ1n) is 9.58. The fourth-order valence-electron chi connectivity index (χ4n) is 3.22. The Morgan fingerprint density at radius 3 is 2.31 bits per heavy atom. The van der Waals surface area contributed by atoms with Crippen LogP contribution in [0.1, 0.15) is 21.8 Å². The molecule has 4 aromatic rings. The third kappa shape index (κ3) is 4.74. The van der Waals surface area contributed by atoms with Crippen LogP contribution in [0.5, 0.6) is 0 Å². The number of carbonyl (C=O) groups is 1. The molecular formula is C22H18ClN3O4S2. The van der Waals surface area contributed by atoms with E-state index >= 15 is 0 Å². The maximum absolute atomic E-state index is 12.4. The lowest BCUT2D eigenvalue weighted by molar-refractivity contribution is 0.0986. The van der Waals surface area contributed by atoms with E-state index in [1.54, 1.807) is 60.9 Å². The molecule has 0 spiro atoms. The number of sulfone groups is 1. The van der Waals surface area contributed by atoms with Gasteiger partial charge in [0.25, 0.3) is 5.56 Å². The quantitative estimate of drug-likeness (QED) is 0.368. The van der Waals surface area contributed by atoms with E-state index in [4.69, 9.17) is 11.6 Å². The highest BCUT2D eigenvalue weighted by Crippen LogP contribution is 2.24. The molecule has 3 heterocycles. The third-order valence-corrected chi connectivity index (χ3v) is 6.96. The van der Waals surface area contributed by atoms with Gasteiger partial charge >= 0.3 is 0 Å². The summed E-state index contributed by atoms with van der Waals surface area (Å²) in [5, 5.41) is -0.108. The van der Waals surface area contributed by atoms with Gasteiger partial charge in [0, 0.05) is 42.5 Å². The lowest BCUT2D eigenvalue weighted by Crippen LogP contribution is -2.15. The molecule has 0 aliphatic heterocycles. The van der Waals surface area contributed by atoms with Crippen LogP contribution < -0.4 is 5.56 Å². The second-order valence-corrected chi connectivity index (χ2v) is 10.7. The SMILES string of the molecule is CS(=O)(=O)c1nc(CCC(=O)c2ccc(Cl)s2)cn1-c1ccc(-n2ccccc2=O)cc1. The number of carbonyl (C=O) groups excluding carboxylic acids is 1. The zero-order chi connectivity index (χ0) is 22.9. The molecule has 0 fully saturated rings. The van der Waals surface area contributed by atoms with E-state index < -0.39 is 9.84 Å². The van der Waals surface area contributed by atoms with Crippen molar-refractivity contribution in [2.24, 2.45) is 0 Å². The zero-order valence-electron chi connectivity index (χ0n) is 16.9. The number of ketones is 1. The predicted octanol–water partition coefficient (Wildman–Crippen LogP) is 3.96. The molecule has 7 nitrogen and oxygen atoms in total. The number of benzene rings is 1. The van der Waals surface area contributed by atoms with Crippen molar-refractivity contribution in [2.75, 3.05) is 6.26 Å². The Morgan fingerprint density at radius 2 is 1.72 bits per heavy atom. The fourth-order valence-corrected chi connectivity index (χ4v) is 5.03. The number of aryl methyl sites for hydroxylation is 1. The minimum Gasteiger partial charge on any atom is -0.293 e. The Hall–Kier alpha value is -3.01. The average Bonchev–Trinajstić information content (AvgIpc) is 3.39. The molecular weight excluding hydrogens is 470 g/mol. The third-order valence-electron chi connectivity index (χ3n) is 4.74. The molecule has 0 saturated carbocycles. The molecule has 4 rings (SSSR count). The van der Waals surface area contributed by atoms with Gasteiger partial charge in [-0.1, -0.05) is 17.7 Å². The summed E-state index contributed by atoms with van der Waals surface area (Å²) in [4.78, 5) is 29.2. The van der Waals surface area contributed by atoms with Crippen molar-refractivity contribution in [1.29, 1.82) is 0 Å². The van der Waals surface area contributed by atoms with E-state index in [1.165, 1.54) is 26.5 Å². The predicted molar refractivity (Wildman–Crippen MR) is 124 cm³/mol. The lowest BCUT2D eigenvalue weighted by atomic mass is 10.1. The summed E-state index contributed by atoms with van der Waals surface area (Å²) in [6.45, 7) is 0. The van der Waals surface area contributed by atoms with Crippen LogP contribution in [0.2, 0.25) is 4.34 Å². The highest BCUT2D eigenvalue weighted by atomic mass is 35.5. The van der Waals surface area contributed by atoms with E-state index in [0.29, 0.717) is 32.7 Å². The van der Waals surface area contributed by atoms with Gasteiger partial charge in [-0.05, 0) is 48.9 Å². The van der Waals surface area contributed by atoms with Crippen LogP contribution in [-0.4, -0.2) is 34.6 Å². The molecule has 10 heteroatoms. The second kappa shape index (κ2) is 8.85. The molecule has 164 valence electrons. The first-order chi connectivity index (χ1) is 15.2. The van der Waals surface area contributed by atoms with E-state index in [9.17, 15) is 18.0 Å². The average molecular weight is 488 g/mol. The summed E-state index contributed by atoms with van der Waals surface area (Å²) in [6.07, 6.45) is 4.85. The molecule has 0 saturated heterocycles. The number of aromatic nitrogens is 3. The van der Waals surface area contributed by atoms with E-state index in [2.05, 4.69) is 4.98 Å². The van der Waals surface area contributed by atoms with E-state index in [1.807, 2.05) is 0 Å². The Morgan fingerprint density at radius 1 is 1.03 bits per heavy atom. The van der Waals surface area contributed by atoms with Crippen molar-refractivity contribution in [2.45, 2.75) is 18.0 Å². The van der Waals surface area contributed by atoms with Crippen LogP contribution in [0.15, 0.2) is 76.9 Å². The molecule has 32 heavy (non-hydrogen) atoms. The lowest BCUT2D eigenvalue weighted by Gasteiger charge is -2.09. The van der Waals surface area contributed by atoms with Gasteiger partial charge < -0.3 is 0 Å². The van der Waals surface area contributed by atoms with Crippen molar-refractivity contribution < 1.29 is 13.2 Å². The molecule has 1 aromatic carbocycles. The highest BCUT2D eigenvalue weighted by Gasteiger charge is 2.20. The van der Waals surface area contributed by atoms with Gasteiger partial charge in [0.1, 0.15) is 0 Å². The van der Waals surface area contributed by atoms with Gasteiger partial charge in [0.15, 0.2) is 5.78 Å². The van der Waals surface area contributed by atoms with Crippen molar-refractivity contribution in [3.63, 3.8) is 0 Å². The van der Waals surface area contributed by atoms with Crippen molar-refractivity contribution in [3.8, 4) is 11.4 Å². The Balaban J connectivity index is 1.62. The normalized spacial score (nSPS) is 11.6. The van der Waals surface area contributed by atoms with Crippen LogP contribution in [-0.2, 0) is 16.3 Å². The van der Waals surface area contributed by atoms with Crippen LogP contribution >= 0.6 is 22.9 Å². The molecule has 0 N–H and O–H groups in total. The molecule has 3 aromatic heterocycles. The number of hydrogen-bond donors (Lipinski definition) is 0. The van der Waals surface area contributed by atoms with Gasteiger partial charge in [0.05, 0.1) is 14.9 Å². The van der Waals surface area contributed by atoms with Crippen molar-refractivity contribution >= 4 is 38.6 Å². The zero-order valence-corrected chi connectivity index (χ0v) is 19.3. The maximum atomic E-state index is 12.4. The summed E-state index contributed by atoms with van der Waals surface area (Å²) in [5.41, 5.74) is 1.55. The molecule has 0 amide bonds. The fraction of sp³-hybridized carbons (Fsp3) is 0.136. The van der Waals surface area contributed by atoms with Crippen molar-refractivity contribution in [1.82, 2.24) is 14.1 Å². The number of nitrogens with zero attached hydrogens (tertiary/aromatic N) is 3. The number of imidazole rings is 1. The Bertz CT molecular complexity index is 1450. The summed E-state index contributed by atoms with van der Waals surface area (Å²) >= 11 is 7.10. The second-order valence-electron chi connectivity index (χ2n) is 7.11. The minimum atomic E-state index is -3.62. The van der Waals surface area contributed by atoms with Gasteiger partial charge in [0.2, 0.25) is 15.0 Å². The summed E-state index contributed by atoms with van der Waals surface area (Å²) < 4.78 is 28.2.